The number of benzene rings is 1. The standard InChI is InChI=1S/C23H38N4O5/c1-23(2,3)19-16-18(32-15-11-26-9-13-31-14-10-26)17-20(21(19)29)24-22(30)27-6-4-25(5-7-27)8-12-28/h16-17,28-29H,4-15H2,1-3H3,(H,24,30). The molecule has 0 bridgehead atoms. The third kappa shape index (κ3) is 6.71. The summed E-state index contributed by atoms with van der Waals surface area (Å²) < 4.78 is 11.4. The molecule has 3 N–H and O–H groups in total. The Morgan fingerprint density at radius 1 is 1.06 bits per heavy atom. The van der Waals surface area contributed by atoms with E-state index in [1.54, 1.807) is 11.0 Å². The van der Waals surface area contributed by atoms with Crippen molar-refractivity contribution in [2.24, 2.45) is 0 Å². The zero-order valence-electron chi connectivity index (χ0n) is 19.6. The number of carbonyl (C=O) groups is 1. The lowest BCUT2D eigenvalue weighted by Crippen LogP contribution is -2.50. The molecule has 1 aromatic rings. The van der Waals surface area contributed by atoms with Gasteiger partial charge >= 0.3 is 6.03 Å². The van der Waals surface area contributed by atoms with E-state index >= 15 is 0 Å². The van der Waals surface area contributed by atoms with Crippen LogP contribution in [0.4, 0.5) is 10.5 Å². The number of β-amino-alcohol motifs (C(OH)–C–C–N with tert-alkyl or cyclic N) is 1. The molecule has 0 aromatic heterocycles. The molecule has 2 heterocycles. The number of piperazine rings is 1. The van der Waals surface area contributed by atoms with E-state index in [4.69, 9.17) is 14.6 Å². The van der Waals surface area contributed by atoms with E-state index in [0.717, 1.165) is 51.5 Å². The topological polar surface area (TPSA) is 97.7 Å². The van der Waals surface area contributed by atoms with Gasteiger partial charge in [0.25, 0.3) is 0 Å². The highest BCUT2D eigenvalue weighted by atomic mass is 16.5. The van der Waals surface area contributed by atoms with Crippen LogP contribution in [-0.2, 0) is 10.2 Å². The molecule has 32 heavy (non-hydrogen) atoms. The lowest BCUT2D eigenvalue weighted by molar-refractivity contribution is 0.0322. The zero-order valence-corrected chi connectivity index (χ0v) is 19.6. The Morgan fingerprint density at radius 2 is 1.72 bits per heavy atom. The molecule has 9 nitrogen and oxygen atoms in total. The van der Waals surface area contributed by atoms with Crippen LogP contribution in [0.3, 0.4) is 0 Å². The molecule has 0 saturated carbocycles. The molecule has 0 spiro atoms. The smallest absolute Gasteiger partial charge is 0.322 e. The number of nitrogens with zero attached hydrogens (tertiary/aromatic N) is 3. The Kier molecular flexibility index (Phi) is 8.58. The van der Waals surface area contributed by atoms with Gasteiger partial charge in [0, 0.05) is 64.0 Å². The second-order valence-corrected chi connectivity index (χ2v) is 9.40. The number of phenols is 1. The SMILES string of the molecule is CC(C)(C)c1cc(OCCN2CCOCC2)cc(NC(=O)N2CCN(CCO)CC2)c1O. The van der Waals surface area contributed by atoms with Crippen molar-refractivity contribution in [3.05, 3.63) is 17.7 Å². The molecule has 2 aliphatic rings. The molecular formula is C23H38N4O5. The van der Waals surface area contributed by atoms with Gasteiger partial charge in [-0.3, -0.25) is 9.80 Å². The predicted molar refractivity (Wildman–Crippen MR) is 124 cm³/mol. The molecule has 2 saturated heterocycles. The maximum atomic E-state index is 12.9. The predicted octanol–water partition coefficient (Wildman–Crippen LogP) is 1.54. The van der Waals surface area contributed by atoms with E-state index in [9.17, 15) is 9.90 Å². The van der Waals surface area contributed by atoms with Gasteiger partial charge in [-0.1, -0.05) is 20.8 Å². The summed E-state index contributed by atoms with van der Waals surface area (Å²) in [4.78, 5) is 19.0. The van der Waals surface area contributed by atoms with E-state index in [1.807, 2.05) is 26.8 Å². The first kappa shape index (κ1) is 24.6. The third-order valence-corrected chi connectivity index (χ3v) is 5.99. The first-order valence-corrected chi connectivity index (χ1v) is 11.5. The highest BCUT2D eigenvalue weighted by molar-refractivity contribution is 5.91. The number of morpholine rings is 1. The third-order valence-electron chi connectivity index (χ3n) is 5.99. The van der Waals surface area contributed by atoms with E-state index in [1.165, 1.54) is 0 Å². The Morgan fingerprint density at radius 3 is 2.34 bits per heavy atom. The van der Waals surface area contributed by atoms with Crippen molar-refractivity contribution in [2.45, 2.75) is 26.2 Å². The van der Waals surface area contributed by atoms with Crippen LogP contribution in [0.25, 0.3) is 0 Å². The second kappa shape index (κ2) is 11.2. The Labute approximate surface area is 190 Å². The number of carbonyl (C=O) groups excluding carboxylic acids is 1. The number of hydrogen-bond acceptors (Lipinski definition) is 7. The average molecular weight is 451 g/mol. The highest BCUT2D eigenvalue weighted by Gasteiger charge is 2.25. The van der Waals surface area contributed by atoms with Gasteiger partial charge in [0.2, 0.25) is 0 Å². The number of phenolic OH excluding ortho intramolecular Hbond substituents is 1. The van der Waals surface area contributed by atoms with Crippen LogP contribution in [0.2, 0.25) is 0 Å². The van der Waals surface area contributed by atoms with E-state index in [2.05, 4.69) is 15.1 Å². The lowest BCUT2D eigenvalue weighted by Gasteiger charge is -2.34. The van der Waals surface area contributed by atoms with Gasteiger partial charge in [-0.25, -0.2) is 4.79 Å². The maximum Gasteiger partial charge on any atom is 0.322 e. The van der Waals surface area contributed by atoms with Crippen LogP contribution in [0.15, 0.2) is 12.1 Å². The molecule has 0 unspecified atom stereocenters. The summed E-state index contributed by atoms with van der Waals surface area (Å²) in [5, 5.41) is 22.9. The summed E-state index contributed by atoms with van der Waals surface area (Å²) in [7, 11) is 0. The number of aliphatic hydroxyl groups is 1. The number of aliphatic hydroxyl groups excluding tert-OH is 1. The molecule has 2 fully saturated rings. The molecule has 2 aliphatic heterocycles. The van der Waals surface area contributed by atoms with Gasteiger partial charge in [0.15, 0.2) is 0 Å². The van der Waals surface area contributed by atoms with Gasteiger partial charge in [-0.15, -0.1) is 0 Å². The highest BCUT2D eigenvalue weighted by Crippen LogP contribution is 2.39. The summed E-state index contributed by atoms with van der Waals surface area (Å²) >= 11 is 0. The number of anilines is 1. The molecule has 0 radical (unpaired) electrons. The number of urea groups is 1. The average Bonchev–Trinajstić information content (AvgIpc) is 2.76. The van der Waals surface area contributed by atoms with E-state index in [-0.39, 0.29) is 23.8 Å². The number of amides is 2. The number of rotatable bonds is 7. The van der Waals surface area contributed by atoms with E-state index in [0.29, 0.717) is 37.7 Å². The lowest BCUT2D eigenvalue weighted by atomic mass is 9.85. The quantitative estimate of drug-likeness (QED) is 0.542. The molecule has 9 heteroatoms. The normalized spacial score (nSPS) is 18.6. The summed E-state index contributed by atoms with van der Waals surface area (Å²) in [6, 6.07) is 3.32. The summed E-state index contributed by atoms with van der Waals surface area (Å²) in [6.07, 6.45) is 0. The molecule has 2 amide bonds. The summed E-state index contributed by atoms with van der Waals surface area (Å²) in [5.74, 6) is 0.703. The van der Waals surface area contributed by atoms with Crippen LogP contribution in [0.1, 0.15) is 26.3 Å². The van der Waals surface area contributed by atoms with Crippen molar-refractivity contribution >= 4 is 11.7 Å². The molecule has 0 atom stereocenters. The number of nitrogens with one attached hydrogen (secondary N) is 1. The molecule has 0 aliphatic carbocycles. The van der Waals surface area contributed by atoms with Crippen molar-refractivity contribution < 1.29 is 24.5 Å². The van der Waals surface area contributed by atoms with Crippen LogP contribution < -0.4 is 10.1 Å². The molecular weight excluding hydrogens is 412 g/mol. The fourth-order valence-electron chi connectivity index (χ4n) is 3.99. The first-order valence-electron chi connectivity index (χ1n) is 11.5. The number of hydrogen-bond donors (Lipinski definition) is 3. The molecule has 180 valence electrons. The summed E-state index contributed by atoms with van der Waals surface area (Å²) in [6.45, 7) is 14.0. The number of aromatic hydroxyl groups is 1. The van der Waals surface area contributed by atoms with Crippen molar-refractivity contribution in [3.8, 4) is 11.5 Å². The van der Waals surface area contributed by atoms with Crippen LogP contribution >= 0.6 is 0 Å². The van der Waals surface area contributed by atoms with Gasteiger partial charge in [-0.2, -0.15) is 0 Å². The Bertz CT molecular complexity index is 753. The van der Waals surface area contributed by atoms with Crippen molar-refractivity contribution in [1.82, 2.24) is 14.7 Å². The van der Waals surface area contributed by atoms with Crippen LogP contribution in [0.5, 0.6) is 11.5 Å². The maximum absolute atomic E-state index is 12.9. The van der Waals surface area contributed by atoms with E-state index < -0.39 is 0 Å². The van der Waals surface area contributed by atoms with Crippen molar-refractivity contribution in [2.75, 3.05) is 84.1 Å². The largest absolute Gasteiger partial charge is 0.505 e. The fraction of sp³-hybridized carbons (Fsp3) is 0.696. The second-order valence-electron chi connectivity index (χ2n) is 9.40. The Hall–Kier alpha value is -2.07. The first-order chi connectivity index (χ1) is 15.3. The van der Waals surface area contributed by atoms with Crippen molar-refractivity contribution in [1.29, 1.82) is 0 Å². The number of ether oxygens (including phenoxy) is 2. The van der Waals surface area contributed by atoms with Crippen LogP contribution in [0, 0.1) is 0 Å². The minimum atomic E-state index is -0.316. The van der Waals surface area contributed by atoms with Gasteiger partial charge < -0.3 is 29.9 Å². The molecule has 3 rings (SSSR count). The van der Waals surface area contributed by atoms with Gasteiger partial charge in [0.05, 0.1) is 25.5 Å². The van der Waals surface area contributed by atoms with Gasteiger partial charge in [0.1, 0.15) is 18.1 Å². The summed E-state index contributed by atoms with van der Waals surface area (Å²) in [5.41, 5.74) is 0.773. The fourth-order valence-corrected chi connectivity index (χ4v) is 3.99. The van der Waals surface area contributed by atoms with Crippen molar-refractivity contribution in [3.63, 3.8) is 0 Å². The minimum absolute atomic E-state index is 0.0743. The minimum Gasteiger partial charge on any atom is -0.505 e. The Balaban J connectivity index is 1.67. The zero-order chi connectivity index (χ0) is 23.1. The van der Waals surface area contributed by atoms with Gasteiger partial charge in [-0.05, 0) is 11.5 Å². The van der Waals surface area contributed by atoms with Crippen LogP contribution in [-0.4, -0.2) is 110 Å². The monoisotopic (exact) mass is 450 g/mol. The molecule has 1 aromatic carbocycles.